The Morgan fingerprint density at radius 1 is 1.19 bits per heavy atom. The van der Waals surface area contributed by atoms with Gasteiger partial charge in [-0.2, -0.15) is 0 Å². The second-order valence-electron chi connectivity index (χ2n) is 6.97. The molecular weight excluding hydrogens is 342 g/mol. The summed E-state index contributed by atoms with van der Waals surface area (Å²) in [6.45, 7) is 3.35. The van der Waals surface area contributed by atoms with Gasteiger partial charge in [-0.15, -0.1) is 0 Å². The van der Waals surface area contributed by atoms with Crippen molar-refractivity contribution in [1.29, 1.82) is 0 Å². The number of nitrogens with one attached hydrogen (secondary N) is 1. The van der Waals surface area contributed by atoms with Crippen LogP contribution in [0.4, 0.5) is 5.82 Å². The number of anilines is 1. The van der Waals surface area contributed by atoms with Crippen LogP contribution in [0.2, 0.25) is 0 Å². The van der Waals surface area contributed by atoms with Crippen molar-refractivity contribution in [2.45, 2.75) is 18.9 Å². The molecule has 3 aliphatic heterocycles. The van der Waals surface area contributed by atoms with Gasteiger partial charge in [0.1, 0.15) is 24.0 Å². The Kier molecular flexibility index (Phi) is 5.20. The van der Waals surface area contributed by atoms with Gasteiger partial charge in [-0.3, -0.25) is 10.2 Å². The molecule has 1 atom stereocenters. The number of aromatic nitrogens is 2. The van der Waals surface area contributed by atoms with Crippen LogP contribution >= 0.6 is 0 Å². The molecule has 7 nitrogen and oxygen atoms in total. The zero-order chi connectivity index (χ0) is 18.6. The van der Waals surface area contributed by atoms with Crippen molar-refractivity contribution in [3.8, 4) is 17.0 Å². The fourth-order valence-corrected chi connectivity index (χ4v) is 3.78. The lowest BCUT2D eigenvalue weighted by atomic mass is 9.86. The zero-order valence-corrected chi connectivity index (χ0v) is 15.8. The lowest BCUT2D eigenvalue weighted by Crippen LogP contribution is -2.52. The molecule has 3 aliphatic rings. The average Bonchev–Trinajstić information content (AvgIpc) is 2.74. The highest BCUT2D eigenvalue weighted by molar-refractivity contribution is 5.88. The van der Waals surface area contributed by atoms with Crippen LogP contribution in [0.15, 0.2) is 41.7 Å². The Hall–Kier alpha value is -2.67. The maximum atomic E-state index is 6.17. The quantitative estimate of drug-likeness (QED) is 0.662. The summed E-state index contributed by atoms with van der Waals surface area (Å²) in [6.07, 6.45) is 4.15. The standard InChI is InChI=1S/C20H25N5O2/c1-21-20(27-18-12-25-9-7-15(18)8-10-25)24-19-11-17(22-13-23-19)14-3-5-16(26-2)6-4-14/h3-6,11,13,15,18H,7-10,12H2,1-2H3,(H,21,22,23,24)/t18-/m0/s1. The first kappa shape index (κ1) is 17.7. The number of hydrogen-bond donors (Lipinski definition) is 1. The molecule has 1 aromatic carbocycles. The molecule has 7 heteroatoms. The van der Waals surface area contributed by atoms with E-state index in [1.807, 2.05) is 30.3 Å². The van der Waals surface area contributed by atoms with E-state index in [0.29, 0.717) is 17.8 Å². The molecule has 2 aromatic rings. The third-order valence-corrected chi connectivity index (χ3v) is 5.35. The minimum absolute atomic E-state index is 0.196. The van der Waals surface area contributed by atoms with Crippen LogP contribution in [0.3, 0.4) is 0 Å². The minimum Gasteiger partial charge on any atom is -0.497 e. The molecule has 0 saturated carbocycles. The molecule has 5 rings (SSSR count). The van der Waals surface area contributed by atoms with Crippen molar-refractivity contribution >= 4 is 11.8 Å². The molecule has 0 aliphatic carbocycles. The fourth-order valence-electron chi connectivity index (χ4n) is 3.78. The molecule has 27 heavy (non-hydrogen) atoms. The van der Waals surface area contributed by atoms with Gasteiger partial charge in [-0.05, 0) is 56.1 Å². The van der Waals surface area contributed by atoms with E-state index in [1.54, 1.807) is 20.5 Å². The normalized spacial score (nSPS) is 24.5. The number of rotatable bonds is 4. The Morgan fingerprint density at radius 2 is 1.96 bits per heavy atom. The van der Waals surface area contributed by atoms with Crippen LogP contribution in [-0.4, -0.2) is 60.8 Å². The van der Waals surface area contributed by atoms with Gasteiger partial charge in [-0.25, -0.2) is 15.0 Å². The highest BCUT2D eigenvalue weighted by atomic mass is 16.5. The zero-order valence-electron chi connectivity index (χ0n) is 15.8. The van der Waals surface area contributed by atoms with Gasteiger partial charge in [0.15, 0.2) is 0 Å². The molecule has 2 bridgehead atoms. The number of nitrogens with zero attached hydrogens (tertiary/aromatic N) is 4. The summed E-state index contributed by atoms with van der Waals surface area (Å²) in [5.74, 6) is 2.10. The van der Waals surface area contributed by atoms with Gasteiger partial charge in [0.2, 0.25) is 0 Å². The summed E-state index contributed by atoms with van der Waals surface area (Å²) in [7, 11) is 3.39. The Bertz CT molecular complexity index is 800. The first-order valence-corrected chi connectivity index (χ1v) is 9.34. The second-order valence-corrected chi connectivity index (χ2v) is 6.97. The number of methoxy groups -OCH3 is 1. The van der Waals surface area contributed by atoms with E-state index in [0.717, 1.165) is 23.6 Å². The molecule has 4 heterocycles. The number of piperidine rings is 3. The highest BCUT2D eigenvalue weighted by Gasteiger charge is 2.36. The summed E-state index contributed by atoms with van der Waals surface area (Å²) in [6, 6.07) is 10.2. The van der Waals surface area contributed by atoms with E-state index in [1.165, 1.54) is 25.9 Å². The molecule has 0 radical (unpaired) electrons. The van der Waals surface area contributed by atoms with Crippen LogP contribution in [0.1, 0.15) is 12.8 Å². The predicted molar refractivity (Wildman–Crippen MR) is 105 cm³/mol. The van der Waals surface area contributed by atoms with Crippen LogP contribution in [-0.2, 0) is 4.74 Å². The second kappa shape index (κ2) is 7.92. The van der Waals surface area contributed by atoms with E-state index >= 15 is 0 Å². The Balaban J connectivity index is 1.45. The third kappa shape index (κ3) is 4.03. The number of amidine groups is 1. The van der Waals surface area contributed by atoms with Gasteiger partial charge in [0.25, 0.3) is 6.02 Å². The summed E-state index contributed by atoms with van der Waals surface area (Å²) in [5.41, 5.74) is 1.82. The van der Waals surface area contributed by atoms with Gasteiger partial charge < -0.3 is 9.47 Å². The minimum atomic E-state index is 0.196. The van der Waals surface area contributed by atoms with Crippen LogP contribution in [0.25, 0.3) is 11.3 Å². The summed E-state index contributed by atoms with van der Waals surface area (Å²) >= 11 is 0. The van der Waals surface area contributed by atoms with E-state index < -0.39 is 0 Å². The fraction of sp³-hybridized carbons (Fsp3) is 0.450. The molecule has 1 aromatic heterocycles. The highest BCUT2D eigenvalue weighted by Crippen LogP contribution is 2.30. The van der Waals surface area contributed by atoms with Gasteiger partial charge in [0.05, 0.1) is 12.8 Å². The van der Waals surface area contributed by atoms with E-state index in [-0.39, 0.29) is 6.10 Å². The maximum Gasteiger partial charge on any atom is 0.290 e. The van der Waals surface area contributed by atoms with Crippen molar-refractivity contribution in [3.63, 3.8) is 0 Å². The van der Waals surface area contributed by atoms with Crippen LogP contribution in [0.5, 0.6) is 5.75 Å². The van der Waals surface area contributed by atoms with Crippen molar-refractivity contribution in [3.05, 3.63) is 36.7 Å². The Morgan fingerprint density at radius 3 is 2.59 bits per heavy atom. The first-order chi connectivity index (χ1) is 13.2. The number of benzene rings is 1. The number of aliphatic imine (C=N–C) groups is 1. The lowest BCUT2D eigenvalue weighted by molar-refractivity contribution is -0.0146. The molecule has 0 amide bonds. The van der Waals surface area contributed by atoms with Crippen molar-refractivity contribution in [2.75, 3.05) is 39.1 Å². The molecule has 1 N–H and O–H groups in total. The SMILES string of the molecule is CN=C(Nc1cc(-c2ccc(OC)cc2)ncn1)O[C@H]1CN2CCC1CC2. The summed E-state index contributed by atoms with van der Waals surface area (Å²) in [4.78, 5) is 15.4. The summed E-state index contributed by atoms with van der Waals surface area (Å²) < 4.78 is 11.4. The predicted octanol–water partition coefficient (Wildman–Crippen LogP) is 2.66. The largest absolute Gasteiger partial charge is 0.497 e. The molecule has 0 spiro atoms. The van der Waals surface area contributed by atoms with Crippen molar-refractivity contribution < 1.29 is 9.47 Å². The van der Waals surface area contributed by atoms with Gasteiger partial charge in [-0.1, -0.05) is 0 Å². The van der Waals surface area contributed by atoms with E-state index in [9.17, 15) is 0 Å². The average molecular weight is 367 g/mol. The van der Waals surface area contributed by atoms with Gasteiger partial charge >= 0.3 is 0 Å². The lowest BCUT2D eigenvalue weighted by Gasteiger charge is -2.44. The third-order valence-electron chi connectivity index (χ3n) is 5.35. The van der Waals surface area contributed by atoms with E-state index in [2.05, 4.69) is 25.2 Å². The molecule has 142 valence electrons. The number of fused-ring (bicyclic) bond motifs is 3. The maximum absolute atomic E-state index is 6.17. The number of hydrogen-bond acceptors (Lipinski definition) is 6. The first-order valence-electron chi connectivity index (χ1n) is 9.34. The molecular formula is C20H25N5O2. The molecule has 3 saturated heterocycles. The molecule has 3 fully saturated rings. The van der Waals surface area contributed by atoms with Crippen molar-refractivity contribution in [1.82, 2.24) is 14.9 Å². The number of ether oxygens (including phenoxy) is 2. The van der Waals surface area contributed by atoms with Crippen LogP contribution < -0.4 is 10.1 Å². The topological polar surface area (TPSA) is 71.9 Å². The van der Waals surface area contributed by atoms with Crippen molar-refractivity contribution in [2.24, 2.45) is 10.9 Å². The van der Waals surface area contributed by atoms with E-state index in [4.69, 9.17) is 9.47 Å². The molecule has 0 unspecified atom stereocenters. The van der Waals surface area contributed by atoms with Crippen LogP contribution in [0, 0.1) is 5.92 Å². The monoisotopic (exact) mass is 367 g/mol. The summed E-state index contributed by atoms with van der Waals surface area (Å²) in [5, 5.41) is 3.20. The Labute approximate surface area is 159 Å². The smallest absolute Gasteiger partial charge is 0.290 e. The van der Waals surface area contributed by atoms with Gasteiger partial charge in [0, 0.05) is 25.2 Å².